The van der Waals surface area contributed by atoms with Crippen LogP contribution < -0.4 is 0 Å². The van der Waals surface area contributed by atoms with Crippen LogP contribution in [0, 0.1) is 17.5 Å². The molecule has 0 N–H and O–H groups in total. The topological polar surface area (TPSA) is 0 Å². The van der Waals surface area contributed by atoms with Crippen molar-refractivity contribution in [3.05, 3.63) is 35.1 Å². The van der Waals surface area contributed by atoms with Gasteiger partial charge in [0.25, 0.3) is 0 Å². The summed E-state index contributed by atoms with van der Waals surface area (Å²) in [4.78, 5) is 0. The molecule has 1 aromatic rings. The van der Waals surface area contributed by atoms with Crippen molar-refractivity contribution in [1.29, 1.82) is 0 Å². The van der Waals surface area contributed by atoms with Crippen molar-refractivity contribution in [2.45, 2.75) is 13.3 Å². The van der Waals surface area contributed by atoms with E-state index in [0.29, 0.717) is 12.5 Å². The van der Waals surface area contributed by atoms with Crippen LogP contribution in [0.2, 0.25) is 0 Å². The summed E-state index contributed by atoms with van der Waals surface area (Å²) in [6.45, 7) is 1.64. The number of aryl methyl sites for hydroxylation is 1. The van der Waals surface area contributed by atoms with E-state index in [4.69, 9.17) is 0 Å². The summed E-state index contributed by atoms with van der Waals surface area (Å²) in [6, 6.07) is 1.53. The van der Waals surface area contributed by atoms with E-state index in [0.717, 1.165) is 6.07 Å². The van der Waals surface area contributed by atoms with Gasteiger partial charge in [0.1, 0.15) is 5.82 Å². The van der Waals surface area contributed by atoms with Gasteiger partial charge >= 0.3 is 0 Å². The standard InChI is InChI=1S/C8H7F3/c1-2-5-3-6(9)4-7(10)8(5)11/h3-4H,2H2,1H3. The van der Waals surface area contributed by atoms with Crippen LogP contribution >= 0.6 is 0 Å². The Labute approximate surface area is 62.7 Å². The normalized spacial score (nSPS) is 10.2. The van der Waals surface area contributed by atoms with Crippen molar-refractivity contribution in [1.82, 2.24) is 0 Å². The second kappa shape index (κ2) is 2.95. The number of benzene rings is 1. The Morgan fingerprint density at radius 2 is 1.82 bits per heavy atom. The molecule has 0 saturated carbocycles. The number of hydrogen-bond donors (Lipinski definition) is 0. The first-order chi connectivity index (χ1) is 5.15. The maximum atomic E-state index is 12.6. The van der Waals surface area contributed by atoms with Crippen molar-refractivity contribution < 1.29 is 13.2 Å². The van der Waals surface area contributed by atoms with Gasteiger partial charge in [-0.25, -0.2) is 13.2 Å². The van der Waals surface area contributed by atoms with Crippen LogP contribution in [0.1, 0.15) is 12.5 Å². The van der Waals surface area contributed by atoms with E-state index in [1.54, 1.807) is 6.92 Å². The summed E-state index contributed by atoms with van der Waals surface area (Å²) in [7, 11) is 0. The fourth-order valence-corrected chi connectivity index (χ4v) is 0.867. The largest absolute Gasteiger partial charge is 0.207 e. The molecule has 0 saturated heterocycles. The lowest BCUT2D eigenvalue weighted by Crippen LogP contribution is -1.94. The van der Waals surface area contributed by atoms with Gasteiger partial charge in [0, 0.05) is 6.07 Å². The van der Waals surface area contributed by atoms with E-state index in [-0.39, 0.29) is 5.56 Å². The van der Waals surface area contributed by atoms with Gasteiger partial charge in [-0.1, -0.05) is 6.92 Å². The zero-order chi connectivity index (χ0) is 8.43. The smallest absolute Gasteiger partial charge is 0.162 e. The monoisotopic (exact) mass is 160 g/mol. The van der Waals surface area contributed by atoms with Gasteiger partial charge in [-0.15, -0.1) is 0 Å². The highest BCUT2D eigenvalue weighted by molar-refractivity contribution is 5.19. The molecule has 60 valence electrons. The van der Waals surface area contributed by atoms with E-state index in [2.05, 4.69) is 0 Å². The minimum atomic E-state index is -1.12. The highest BCUT2D eigenvalue weighted by Gasteiger charge is 2.08. The Bertz CT molecular complexity index is 268. The third-order valence-electron chi connectivity index (χ3n) is 1.45. The lowest BCUT2D eigenvalue weighted by Gasteiger charge is -1.99. The molecule has 0 heterocycles. The zero-order valence-electron chi connectivity index (χ0n) is 6.00. The van der Waals surface area contributed by atoms with Crippen molar-refractivity contribution in [2.75, 3.05) is 0 Å². The molecule has 1 rings (SSSR count). The molecule has 0 bridgehead atoms. The van der Waals surface area contributed by atoms with Gasteiger partial charge in [-0.3, -0.25) is 0 Å². The molecular weight excluding hydrogens is 153 g/mol. The molecule has 0 unspecified atom stereocenters. The predicted molar refractivity (Wildman–Crippen MR) is 35.7 cm³/mol. The summed E-state index contributed by atoms with van der Waals surface area (Å²) < 4.78 is 37.4. The molecule has 0 radical (unpaired) electrons. The molecule has 0 aliphatic rings. The first-order valence-electron chi connectivity index (χ1n) is 3.28. The molecule has 0 aliphatic heterocycles. The third kappa shape index (κ3) is 1.53. The fraction of sp³-hybridized carbons (Fsp3) is 0.250. The first kappa shape index (κ1) is 8.11. The van der Waals surface area contributed by atoms with Crippen LogP contribution in [0.4, 0.5) is 13.2 Å². The summed E-state index contributed by atoms with van der Waals surface area (Å²) in [5.74, 6) is -2.81. The van der Waals surface area contributed by atoms with Crippen molar-refractivity contribution in [2.24, 2.45) is 0 Å². The van der Waals surface area contributed by atoms with E-state index >= 15 is 0 Å². The minimum absolute atomic E-state index is 0.0718. The fourth-order valence-electron chi connectivity index (χ4n) is 0.867. The van der Waals surface area contributed by atoms with Crippen LogP contribution in [0.15, 0.2) is 12.1 Å². The van der Waals surface area contributed by atoms with Gasteiger partial charge < -0.3 is 0 Å². The number of halogens is 3. The molecular formula is C8H7F3. The summed E-state index contributed by atoms with van der Waals surface area (Å²) >= 11 is 0. The quantitative estimate of drug-likeness (QED) is 0.554. The van der Waals surface area contributed by atoms with E-state index in [1.807, 2.05) is 0 Å². The molecule has 0 spiro atoms. The summed E-state index contributed by atoms with van der Waals surface area (Å²) in [5.41, 5.74) is 0.0718. The number of hydrogen-bond acceptors (Lipinski definition) is 0. The van der Waals surface area contributed by atoms with Gasteiger partial charge in [0.15, 0.2) is 11.6 Å². The zero-order valence-corrected chi connectivity index (χ0v) is 6.00. The predicted octanol–water partition coefficient (Wildman–Crippen LogP) is 2.67. The average molecular weight is 160 g/mol. The van der Waals surface area contributed by atoms with Gasteiger partial charge in [0.05, 0.1) is 0 Å². The Morgan fingerprint density at radius 1 is 1.18 bits per heavy atom. The summed E-state index contributed by atoms with van der Waals surface area (Å²) in [6.07, 6.45) is 0.292. The highest BCUT2D eigenvalue weighted by Crippen LogP contribution is 2.14. The van der Waals surface area contributed by atoms with Gasteiger partial charge in [0.2, 0.25) is 0 Å². The van der Waals surface area contributed by atoms with Crippen molar-refractivity contribution in [3.63, 3.8) is 0 Å². The molecule has 0 nitrogen and oxygen atoms in total. The Kier molecular flexibility index (Phi) is 2.17. The highest BCUT2D eigenvalue weighted by atomic mass is 19.2. The molecule has 11 heavy (non-hydrogen) atoms. The van der Waals surface area contributed by atoms with Crippen LogP contribution in [0.3, 0.4) is 0 Å². The van der Waals surface area contributed by atoms with E-state index in [9.17, 15) is 13.2 Å². The van der Waals surface area contributed by atoms with Gasteiger partial charge in [-0.05, 0) is 18.1 Å². The second-order valence-electron chi connectivity index (χ2n) is 2.21. The molecule has 1 aromatic carbocycles. The molecule has 3 heteroatoms. The van der Waals surface area contributed by atoms with E-state index in [1.165, 1.54) is 0 Å². The Morgan fingerprint density at radius 3 is 2.36 bits per heavy atom. The molecule has 0 aliphatic carbocycles. The number of rotatable bonds is 1. The third-order valence-corrected chi connectivity index (χ3v) is 1.45. The van der Waals surface area contributed by atoms with Gasteiger partial charge in [-0.2, -0.15) is 0 Å². The molecule has 0 atom stereocenters. The van der Waals surface area contributed by atoms with Crippen molar-refractivity contribution in [3.8, 4) is 0 Å². The van der Waals surface area contributed by atoms with Crippen molar-refractivity contribution >= 4 is 0 Å². The van der Waals surface area contributed by atoms with Crippen LogP contribution in [-0.2, 0) is 6.42 Å². The SMILES string of the molecule is CCc1cc(F)cc(F)c1F. The Hall–Kier alpha value is -0.990. The van der Waals surface area contributed by atoms with E-state index < -0.39 is 17.5 Å². The van der Waals surface area contributed by atoms with Crippen LogP contribution in [-0.4, -0.2) is 0 Å². The molecule has 0 aromatic heterocycles. The molecule has 0 fully saturated rings. The lowest BCUT2D eigenvalue weighted by molar-refractivity contribution is 0.486. The van der Waals surface area contributed by atoms with Crippen LogP contribution in [0.25, 0.3) is 0 Å². The second-order valence-corrected chi connectivity index (χ2v) is 2.21. The lowest BCUT2D eigenvalue weighted by atomic mass is 10.1. The molecule has 0 amide bonds. The first-order valence-corrected chi connectivity index (χ1v) is 3.28. The maximum absolute atomic E-state index is 12.6. The maximum Gasteiger partial charge on any atom is 0.162 e. The Balaban J connectivity index is 3.24. The minimum Gasteiger partial charge on any atom is -0.207 e. The average Bonchev–Trinajstić information content (AvgIpc) is 1.96. The van der Waals surface area contributed by atoms with Crippen LogP contribution in [0.5, 0.6) is 0 Å². The summed E-state index contributed by atoms with van der Waals surface area (Å²) in [5, 5.41) is 0.